The summed E-state index contributed by atoms with van der Waals surface area (Å²) in [5.41, 5.74) is 17.5. The van der Waals surface area contributed by atoms with Crippen LogP contribution in [0.25, 0.3) is 0 Å². The van der Waals surface area contributed by atoms with Gasteiger partial charge in [-0.25, -0.2) is 0 Å². The molecule has 1 heterocycles. The third-order valence-corrected chi connectivity index (χ3v) is 3.76. The Morgan fingerprint density at radius 2 is 2.00 bits per heavy atom. The molecule has 6 N–H and O–H groups in total. The number of para-hydroxylation sites is 1. The number of nitrogen functional groups attached to an aromatic ring is 1. The zero-order valence-corrected chi connectivity index (χ0v) is 10.8. The molecule has 2 amide bonds. The summed E-state index contributed by atoms with van der Waals surface area (Å²) < 4.78 is 0. The maximum absolute atomic E-state index is 11.5. The molecule has 0 radical (unpaired) electrons. The van der Waals surface area contributed by atoms with E-state index in [1.807, 2.05) is 17.9 Å². The maximum Gasteiger partial charge on any atom is 0.250 e. The summed E-state index contributed by atoms with van der Waals surface area (Å²) >= 11 is 0. The van der Waals surface area contributed by atoms with Crippen molar-refractivity contribution in [1.82, 2.24) is 0 Å². The third-order valence-electron chi connectivity index (χ3n) is 3.76. The van der Waals surface area contributed by atoms with Crippen molar-refractivity contribution in [3.05, 3.63) is 23.8 Å². The first-order valence-corrected chi connectivity index (χ1v) is 6.08. The highest BCUT2D eigenvalue weighted by Gasteiger charge is 2.39. The fourth-order valence-corrected chi connectivity index (χ4v) is 2.41. The Kier molecular flexibility index (Phi) is 3.09. The van der Waals surface area contributed by atoms with Gasteiger partial charge in [0.2, 0.25) is 5.91 Å². The van der Waals surface area contributed by atoms with Crippen molar-refractivity contribution in [3.63, 3.8) is 0 Å². The van der Waals surface area contributed by atoms with E-state index in [-0.39, 0.29) is 5.91 Å². The molecule has 0 aromatic heterocycles. The smallest absolute Gasteiger partial charge is 0.250 e. The molecule has 1 unspecified atom stereocenters. The summed E-state index contributed by atoms with van der Waals surface area (Å²) in [6, 6.07) is 5.13. The van der Waals surface area contributed by atoms with Gasteiger partial charge in [-0.15, -0.1) is 0 Å². The largest absolute Gasteiger partial charge is 0.396 e. The van der Waals surface area contributed by atoms with E-state index in [9.17, 15) is 9.59 Å². The summed E-state index contributed by atoms with van der Waals surface area (Å²) in [5.74, 6) is -0.879. The predicted molar refractivity (Wildman–Crippen MR) is 73.5 cm³/mol. The fraction of sp³-hybridized carbons (Fsp3) is 0.385. The summed E-state index contributed by atoms with van der Waals surface area (Å²) in [7, 11) is 0. The van der Waals surface area contributed by atoms with Crippen LogP contribution in [0, 0.1) is 5.41 Å². The summed E-state index contributed by atoms with van der Waals surface area (Å²) in [6.45, 7) is 3.00. The number of anilines is 2. The second kappa shape index (κ2) is 4.46. The molecule has 2 rings (SSSR count). The molecular formula is C13H18N4O2. The molecule has 0 spiro atoms. The molecule has 102 valence electrons. The Labute approximate surface area is 111 Å². The average Bonchev–Trinajstić information content (AvgIpc) is 2.73. The number of nitrogens with two attached hydrogens (primary N) is 3. The molecule has 1 aliphatic rings. The molecule has 1 aromatic rings. The van der Waals surface area contributed by atoms with E-state index in [0.717, 1.165) is 5.69 Å². The van der Waals surface area contributed by atoms with Gasteiger partial charge in [-0.2, -0.15) is 0 Å². The predicted octanol–water partition coefficient (Wildman–Crippen LogP) is 0.0694. The van der Waals surface area contributed by atoms with Crippen molar-refractivity contribution in [1.29, 1.82) is 0 Å². The van der Waals surface area contributed by atoms with Crippen molar-refractivity contribution in [2.45, 2.75) is 13.3 Å². The fourth-order valence-electron chi connectivity index (χ4n) is 2.41. The Balaban J connectivity index is 2.33. The minimum Gasteiger partial charge on any atom is -0.396 e. The monoisotopic (exact) mass is 262 g/mol. The first-order valence-electron chi connectivity index (χ1n) is 6.08. The minimum absolute atomic E-state index is 0.296. The lowest BCUT2D eigenvalue weighted by Gasteiger charge is -2.24. The van der Waals surface area contributed by atoms with Crippen molar-refractivity contribution in [2.75, 3.05) is 23.7 Å². The molecule has 1 aliphatic heterocycles. The van der Waals surface area contributed by atoms with E-state index in [1.54, 1.807) is 12.1 Å². The molecule has 6 heteroatoms. The average molecular weight is 262 g/mol. The molecule has 1 fully saturated rings. The van der Waals surface area contributed by atoms with Crippen LogP contribution in [0.3, 0.4) is 0 Å². The van der Waals surface area contributed by atoms with Gasteiger partial charge in [0.05, 0.1) is 22.4 Å². The van der Waals surface area contributed by atoms with E-state index in [4.69, 9.17) is 17.2 Å². The van der Waals surface area contributed by atoms with Gasteiger partial charge in [0, 0.05) is 13.1 Å². The first kappa shape index (κ1) is 13.2. The summed E-state index contributed by atoms with van der Waals surface area (Å²) in [4.78, 5) is 24.7. The molecule has 0 saturated carbocycles. The van der Waals surface area contributed by atoms with Crippen LogP contribution in [0.1, 0.15) is 23.7 Å². The Hall–Kier alpha value is -2.24. The van der Waals surface area contributed by atoms with Crippen LogP contribution in [-0.4, -0.2) is 24.9 Å². The van der Waals surface area contributed by atoms with E-state index in [1.165, 1.54) is 0 Å². The van der Waals surface area contributed by atoms with E-state index >= 15 is 0 Å². The number of benzene rings is 1. The quantitative estimate of drug-likeness (QED) is 0.668. The van der Waals surface area contributed by atoms with Gasteiger partial charge in [0.15, 0.2) is 0 Å². The van der Waals surface area contributed by atoms with Crippen molar-refractivity contribution >= 4 is 23.2 Å². The molecule has 1 aromatic carbocycles. The van der Waals surface area contributed by atoms with Crippen LogP contribution >= 0.6 is 0 Å². The Morgan fingerprint density at radius 1 is 1.32 bits per heavy atom. The molecule has 0 bridgehead atoms. The number of carbonyl (C=O) groups is 2. The van der Waals surface area contributed by atoms with Gasteiger partial charge in [0.1, 0.15) is 0 Å². The minimum atomic E-state index is -0.560. The first-order chi connectivity index (χ1) is 8.85. The van der Waals surface area contributed by atoms with Gasteiger partial charge in [-0.05, 0) is 25.5 Å². The SMILES string of the molecule is CC1(C(N)=O)CCN(c2cccc(C(N)=O)c2N)C1. The molecular weight excluding hydrogens is 244 g/mol. The second-order valence-corrected chi connectivity index (χ2v) is 5.20. The standard InChI is InChI=1S/C13H18N4O2/c1-13(12(16)19)5-6-17(7-13)9-4-2-3-8(10(9)14)11(15)18/h2-4H,5-7,14H2,1H3,(H2,15,18)(H2,16,19). The number of hydrogen-bond donors (Lipinski definition) is 3. The number of hydrogen-bond acceptors (Lipinski definition) is 4. The zero-order chi connectivity index (χ0) is 14.2. The molecule has 6 nitrogen and oxygen atoms in total. The van der Waals surface area contributed by atoms with E-state index in [2.05, 4.69) is 0 Å². The van der Waals surface area contributed by atoms with Crippen molar-refractivity contribution < 1.29 is 9.59 Å². The second-order valence-electron chi connectivity index (χ2n) is 5.20. The maximum atomic E-state index is 11.5. The van der Waals surface area contributed by atoms with Gasteiger partial charge < -0.3 is 22.1 Å². The van der Waals surface area contributed by atoms with Gasteiger partial charge in [-0.3, -0.25) is 9.59 Å². The van der Waals surface area contributed by atoms with E-state index in [0.29, 0.717) is 30.8 Å². The summed E-state index contributed by atoms with van der Waals surface area (Å²) in [5, 5.41) is 0. The lowest BCUT2D eigenvalue weighted by Crippen LogP contribution is -2.37. The molecule has 0 aliphatic carbocycles. The van der Waals surface area contributed by atoms with Gasteiger partial charge in [-0.1, -0.05) is 6.07 Å². The number of rotatable bonds is 3. The number of amides is 2. The highest BCUT2D eigenvalue weighted by molar-refractivity contribution is 6.01. The Morgan fingerprint density at radius 3 is 2.53 bits per heavy atom. The highest BCUT2D eigenvalue weighted by Crippen LogP contribution is 2.36. The zero-order valence-electron chi connectivity index (χ0n) is 10.8. The van der Waals surface area contributed by atoms with Crippen molar-refractivity contribution in [3.8, 4) is 0 Å². The van der Waals surface area contributed by atoms with Crippen LogP contribution in [0.15, 0.2) is 18.2 Å². The van der Waals surface area contributed by atoms with Gasteiger partial charge in [0.25, 0.3) is 5.91 Å². The lowest BCUT2D eigenvalue weighted by molar-refractivity contribution is -0.125. The number of nitrogens with zero attached hydrogens (tertiary/aromatic N) is 1. The normalized spacial score (nSPS) is 22.5. The van der Waals surface area contributed by atoms with Crippen molar-refractivity contribution in [2.24, 2.45) is 16.9 Å². The number of primary amides is 2. The molecule has 19 heavy (non-hydrogen) atoms. The highest BCUT2D eigenvalue weighted by atomic mass is 16.1. The summed E-state index contributed by atoms with van der Waals surface area (Å²) in [6.07, 6.45) is 0.669. The lowest BCUT2D eigenvalue weighted by atomic mass is 9.89. The van der Waals surface area contributed by atoms with Crippen LogP contribution in [0.2, 0.25) is 0 Å². The van der Waals surface area contributed by atoms with Gasteiger partial charge >= 0.3 is 0 Å². The van der Waals surface area contributed by atoms with E-state index < -0.39 is 11.3 Å². The molecule has 1 saturated heterocycles. The topological polar surface area (TPSA) is 115 Å². The van der Waals surface area contributed by atoms with Crippen LogP contribution in [0.5, 0.6) is 0 Å². The van der Waals surface area contributed by atoms with Crippen LogP contribution < -0.4 is 22.1 Å². The van der Waals surface area contributed by atoms with Crippen LogP contribution in [-0.2, 0) is 4.79 Å². The van der Waals surface area contributed by atoms with Crippen LogP contribution in [0.4, 0.5) is 11.4 Å². The molecule has 1 atom stereocenters. The number of carbonyl (C=O) groups excluding carboxylic acids is 2. The third kappa shape index (κ3) is 2.21. The Bertz CT molecular complexity index is 543.